The van der Waals surface area contributed by atoms with E-state index in [1.165, 1.54) is 22.7 Å². The van der Waals surface area contributed by atoms with Crippen LogP contribution in [-0.2, 0) is 10.4 Å². The molecular formula is C19H19NO4S2. The van der Waals surface area contributed by atoms with Gasteiger partial charge < -0.3 is 19.9 Å². The molecule has 0 bridgehead atoms. The minimum Gasteiger partial charge on any atom is -0.493 e. The number of amides is 1. The first-order valence-corrected chi connectivity index (χ1v) is 9.72. The van der Waals surface area contributed by atoms with E-state index in [1.807, 2.05) is 47.2 Å². The zero-order valence-electron chi connectivity index (χ0n) is 14.2. The second-order valence-corrected chi connectivity index (χ2v) is 7.43. The molecule has 0 unspecified atom stereocenters. The van der Waals surface area contributed by atoms with Crippen LogP contribution in [0.2, 0.25) is 0 Å². The molecule has 0 fully saturated rings. The number of benzene rings is 1. The van der Waals surface area contributed by atoms with Gasteiger partial charge in [0.05, 0.1) is 13.7 Å². The lowest BCUT2D eigenvalue weighted by Gasteiger charge is -2.26. The molecule has 0 aliphatic heterocycles. The number of thiophene rings is 2. The quantitative estimate of drug-likeness (QED) is 0.621. The number of aliphatic hydroxyl groups is 1. The summed E-state index contributed by atoms with van der Waals surface area (Å²) in [6.45, 7) is -0.0898. The van der Waals surface area contributed by atoms with Crippen molar-refractivity contribution in [1.82, 2.24) is 5.32 Å². The molecule has 26 heavy (non-hydrogen) atoms. The molecule has 5 nitrogen and oxygen atoms in total. The van der Waals surface area contributed by atoms with E-state index in [-0.39, 0.29) is 19.1 Å². The summed E-state index contributed by atoms with van der Waals surface area (Å²) >= 11 is 2.91. The van der Waals surface area contributed by atoms with Gasteiger partial charge in [0.15, 0.2) is 18.1 Å². The summed E-state index contributed by atoms with van der Waals surface area (Å²) in [5.74, 6) is 0.744. The van der Waals surface area contributed by atoms with Crippen LogP contribution in [0, 0.1) is 0 Å². The Morgan fingerprint density at radius 1 is 1.04 bits per heavy atom. The number of ether oxygens (including phenoxy) is 2. The predicted octanol–water partition coefficient (Wildman–Crippen LogP) is 3.25. The summed E-state index contributed by atoms with van der Waals surface area (Å²) in [4.78, 5) is 13.8. The molecule has 0 atom stereocenters. The average Bonchev–Trinajstić information content (AvgIpc) is 3.39. The van der Waals surface area contributed by atoms with Crippen LogP contribution >= 0.6 is 22.7 Å². The molecule has 0 aliphatic carbocycles. The third-order valence-corrected chi connectivity index (χ3v) is 5.87. The number of hydrogen-bond acceptors (Lipinski definition) is 6. The molecule has 136 valence electrons. The highest BCUT2D eigenvalue weighted by atomic mass is 32.1. The Labute approximate surface area is 159 Å². The number of hydrogen-bond donors (Lipinski definition) is 2. The molecule has 0 radical (unpaired) electrons. The molecular weight excluding hydrogens is 370 g/mol. The SMILES string of the molecule is COc1ccccc1OCC(=O)NCC(O)(c1cccs1)c1cccs1. The van der Waals surface area contributed by atoms with Crippen molar-refractivity contribution in [3.63, 3.8) is 0 Å². The van der Waals surface area contributed by atoms with Gasteiger partial charge in [0.2, 0.25) is 0 Å². The lowest BCUT2D eigenvalue weighted by atomic mass is 10.00. The maximum atomic E-state index is 12.2. The number of carbonyl (C=O) groups excluding carboxylic acids is 1. The molecule has 2 N–H and O–H groups in total. The monoisotopic (exact) mass is 389 g/mol. The highest BCUT2D eigenvalue weighted by molar-refractivity contribution is 7.11. The van der Waals surface area contributed by atoms with Gasteiger partial charge >= 0.3 is 0 Å². The number of methoxy groups -OCH3 is 1. The highest BCUT2D eigenvalue weighted by Crippen LogP contribution is 2.35. The highest BCUT2D eigenvalue weighted by Gasteiger charge is 2.34. The summed E-state index contributed by atoms with van der Waals surface area (Å²) in [6.07, 6.45) is 0. The second kappa shape index (κ2) is 8.35. The van der Waals surface area contributed by atoms with E-state index in [0.717, 1.165) is 9.75 Å². The molecule has 3 rings (SSSR count). The molecule has 3 aromatic rings. The van der Waals surface area contributed by atoms with Crippen LogP contribution in [0.5, 0.6) is 11.5 Å². The van der Waals surface area contributed by atoms with E-state index in [4.69, 9.17) is 9.47 Å². The van der Waals surface area contributed by atoms with Crippen LogP contribution in [0.25, 0.3) is 0 Å². The first-order chi connectivity index (χ1) is 12.6. The number of rotatable bonds is 8. The van der Waals surface area contributed by atoms with E-state index >= 15 is 0 Å². The smallest absolute Gasteiger partial charge is 0.258 e. The molecule has 2 aromatic heterocycles. The molecule has 0 aliphatic rings. The lowest BCUT2D eigenvalue weighted by Crippen LogP contribution is -2.42. The van der Waals surface area contributed by atoms with Gasteiger partial charge in [0.25, 0.3) is 5.91 Å². The largest absolute Gasteiger partial charge is 0.493 e. The van der Waals surface area contributed by atoms with E-state index < -0.39 is 5.60 Å². The molecule has 1 amide bonds. The first-order valence-electron chi connectivity index (χ1n) is 7.96. The normalized spacial score (nSPS) is 11.2. The van der Waals surface area contributed by atoms with Crippen LogP contribution in [0.15, 0.2) is 59.3 Å². The van der Waals surface area contributed by atoms with Crippen LogP contribution in [-0.4, -0.2) is 31.3 Å². The van der Waals surface area contributed by atoms with Gasteiger partial charge in [-0.15, -0.1) is 22.7 Å². The van der Waals surface area contributed by atoms with Crippen LogP contribution in [0.4, 0.5) is 0 Å². The summed E-state index contributed by atoms with van der Waals surface area (Å²) in [6, 6.07) is 14.6. The minimum absolute atomic E-state index is 0.0716. The van der Waals surface area contributed by atoms with Crippen molar-refractivity contribution in [3.05, 3.63) is 69.0 Å². The van der Waals surface area contributed by atoms with Gasteiger partial charge in [-0.1, -0.05) is 24.3 Å². The van der Waals surface area contributed by atoms with Gasteiger partial charge in [0.1, 0.15) is 5.60 Å². The summed E-state index contributed by atoms with van der Waals surface area (Å²) < 4.78 is 10.7. The van der Waals surface area contributed by atoms with Crippen molar-refractivity contribution in [1.29, 1.82) is 0 Å². The maximum absolute atomic E-state index is 12.2. The third-order valence-electron chi connectivity index (χ3n) is 3.83. The van der Waals surface area contributed by atoms with Crippen molar-refractivity contribution >= 4 is 28.6 Å². The zero-order chi connectivity index (χ0) is 18.4. The van der Waals surface area contributed by atoms with E-state index in [1.54, 1.807) is 19.2 Å². The lowest BCUT2D eigenvalue weighted by molar-refractivity contribution is -0.124. The Bertz CT molecular complexity index is 797. The Hall–Kier alpha value is -2.35. The Morgan fingerprint density at radius 3 is 2.19 bits per heavy atom. The Morgan fingerprint density at radius 2 is 1.65 bits per heavy atom. The molecule has 1 aromatic carbocycles. The fraction of sp³-hybridized carbons (Fsp3) is 0.211. The molecule has 0 spiro atoms. The van der Waals surface area contributed by atoms with E-state index in [2.05, 4.69) is 5.32 Å². The Kier molecular flexibility index (Phi) is 5.92. The van der Waals surface area contributed by atoms with E-state index in [0.29, 0.717) is 11.5 Å². The van der Waals surface area contributed by atoms with Crippen molar-refractivity contribution in [2.75, 3.05) is 20.3 Å². The van der Waals surface area contributed by atoms with Crippen LogP contribution < -0.4 is 14.8 Å². The fourth-order valence-electron chi connectivity index (χ4n) is 2.48. The van der Waals surface area contributed by atoms with Crippen molar-refractivity contribution in [2.24, 2.45) is 0 Å². The van der Waals surface area contributed by atoms with Gasteiger partial charge in [0, 0.05) is 9.75 Å². The van der Waals surface area contributed by atoms with Crippen molar-refractivity contribution < 1.29 is 19.4 Å². The number of para-hydroxylation sites is 2. The summed E-state index contributed by atoms with van der Waals surface area (Å²) in [5, 5.41) is 17.8. The van der Waals surface area contributed by atoms with Crippen molar-refractivity contribution in [3.8, 4) is 11.5 Å². The third kappa shape index (κ3) is 4.07. The Balaban J connectivity index is 1.63. The molecule has 7 heteroatoms. The van der Waals surface area contributed by atoms with Gasteiger partial charge in [-0.05, 0) is 35.0 Å². The van der Waals surface area contributed by atoms with Gasteiger partial charge in [-0.25, -0.2) is 0 Å². The molecule has 2 heterocycles. The predicted molar refractivity (Wildman–Crippen MR) is 103 cm³/mol. The number of carbonyl (C=O) groups is 1. The second-order valence-electron chi connectivity index (χ2n) is 5.53. The van der Waals surface area contributed by atoms with E-state index in [9.17, 15) is 9.90 Å². The molecule has 0 saturated carbocycles. The molecule has 0 saturated heterocycles. The zero-order valence-corrected chi connectivity index (χ0v) is 15.8. The van der Waals surface area contributed by atoms with Gasteiger partial charge in [-0.2, -0.15) is 0 Å². The first kappa shape index (κ1) is 18.4. The average molecular weight is 389 g/mol. The van der Waals surface area contributed by atoms with Crippen molar-refractivity contribution in [2.45, 2.75) is 5.60 Å². The summed E-state index contributed by atoms with van der Waals surface area (Å²) in [5.41, 5.74) is -1.25. The van der Waals surface area contributed by atoms with Gasteiger partial charge in [-0.3, -0.25) is 4.79 Å². The summed E-state index contributed by atoms with van der Waals surface area (Å²) in [7, 11) is 1.55. The standard InChI is InChI=1S/C19H19NO4S2/c1-23-14-6-2-3-7-15(14)24-12-18(21)20-13-19(22,16-8-4-10-25-16)17-9-5-11-26-17/h2-11,22H,12-13H2,1H3,(H,20,21). The van der Waals surface area contributed by atoms with Crippen LogP contribution in [0.1, 0.15) is 9.75 Å². The topological polar surface area (TPSA) is 67.8 Å². The maximum Gasteiger partial charge on any atom is 0.258 e. The minimum atomic E-state index is -1.25. The fourth-order valence-corrected chi connectivity index (χ4v) is 4.22. The van der Waals surface area contributed by atoms with Crippen LogP contribution in [0.3, 0.4) is 0 Å². The number of nitrogens with one attached hydrogen (secondary N) is 1.